The monoisotopic (exact) mass is 360 g/mol. The Balaban J connectivity index is 2.13. The van der Waals surface area contributed by atoms with Gasteiger partial charge in [-0.05, 0) is 27.6 Å². The van der Waals surface area contributed by atoms with E-state index >= 15 is 0 Å². The van der Waals surface area contributed by atoms with Gasteiger partial charge in [-0.15, -0.1) is 11.3 Å². The number of hydrogen-bond donors (Lipinski definition) is 0. The number of aromatic nitrogens is 1. The Morgan fingerprint density at radius 3 is 2.69 bits per heavy atom. The van der Waals surface area contributed by atoms with Crippen molar-refractivity contribution in [3.63, 3.8) is 0 Å². The number of rotatable bonds is 3. The Bertz CT molecular complexity index is 484. The lowest BCUT2D eigenvalue weighted by atomic mass is 10.2. The lowest BCUT2D eigenvalue weighted by Crippen LogP contribution is -2.16. The fourth-order valence-electron chi connectivity index (χ4n) is 1.37. The summed E-state index contributed by atoms with van der Waals surface area (Å²) in [5, 5.41) is 3.01. The average molecular weight is 362 g/mol. The van der Waals surface area contributed by atoms with Crippen LogP contribution in [0.5, 0.6) is 0 Å². The maximum atomic E-state index is 4.38. The summed E-state index contributed by atoms with van der Waals surface area (Å²) in [5.74, 6) is 0. The van der Waals surface area contributed by atoms with Gasteiger partial charge in [0.15, 0.2) is 5.13 Å². The molecular formula is C11H10Br2N2S. The van der Waals surface area contributed by atoms with Gasteiger partial charge in [-0.3, -0.25) is 0 Å². The highest BCUT2D eigenvalue weighted by molar-refractivity contribution is 9.10. The molecule has 0 bridgehead atoms. The van der Waals surface area contributed by atoms with Crippen LogP contribution in [0.3, 0.4) is 0 Å². The van der Waals surface area contributed by atoms with E-state index in [4.69, 9.17) is 0 Å². The zero-order chi connectivity index (χ0) is 11.5. The van der Waals surface area contributed by atoms with Crippen LogP contribution in [0.4, 0.5) is 5.13 Å². The molecule has 0 radical (unpaired) electrons. The minimum Gasteiger partial charge on any atom is -0.347 e. The second kappa shape index (κ2) is 5.29. The quantitative estimate of drug-likeness (QED) is 0.809. The minimum absolute atomic E-state index is 0.849. The summed E-state index contributed by atoms with van der Waals surface area (Å²) in [5.41, 5.74) is 1.26. The van der Waals surface area contributed by atoms with E-state index in [9.17, 15) is 0 Å². The summed E-state index contributed by atoms with van der Waals surface area (Å²) in [6.45, 7) is 0.849. The number of benzene rings is 1. The van der Waals surface area contributed by atoms with Crippen molar-refractivity contribution in [2.45, 2.75) is 6.54 Å². The van der Waals surface area contributed by atoms with Gasteiger partial charge >= 0.3 is 0 Å². The predicted octanol–water partition coefficient (Wildman–Crippen LogP) is 4.30. The van der Waals surface area contributed by atoms with Crippen molar-refractivity contribution >= 4 is 48.3 Å². The molecule has 5 heteroatoms. The Kier molecular flexibility index (Phi) is 4.00. The van der Waals surface area contributed by atoms with E-state index in [0.29, 0.717) is 0 Å². The summed E-state index contributed by atoms with van der Waals surface area (Å²) in [6.07, 6.45) is 0. The molecule has 84 valence electrons. The van der Waals surface area contributed by atoms with Crippen molar-refractivity contribution in [1.82, 2.24) is 4.98 Å². The third-order valence-electron chi connectivity index (χ3n) is 2.16. The van der Waals surface area contributed by atoms with Crippen molar-refractivity contribution in [2.24, 2.45) is 0 Å². The topological polar surface area (TPSA) is 16.1 Å². The fourth-order valence-corrected chi connectivity index (χ4v) is 3.00. The molecule has 1 aromatic carbocycles. The van der Waals surface area contributed by atoms with E-state index < -0.39 is 0 Å². The molecule has 0 N–H and O–H groups in total. The van der Waals surface area contributed by atoms with Crippen LogP contribution in [0.1, 0.15) is 5.56 Å². The van der Waals surface area contributed by atoms with E-state index in [2.05, 4.69) is 53.9 Å². The first-order chi connectivity index (χ1) is 7.66. The van der Waals surface area contributed by atoms with E-state index in [1.165, 1.54) is 5.56 Å². The zero-order valence-corrected chi connectivity index (χ0v) is 12.6. The second-order valence-electron chi connectivity index (χ2n) is 3.40. The van der Waals surface area contributed by atoms with E-state index in [1.54, 1.807) is 11.3 Å². The van der Waals surface area contributed by atoms with Crippen LogP contribution < -0.4 is 4.90 Å². The molecule has 2 nitrogen and oxygen atoms in total. The van der Waals surface area contributed by atoms with Gasteiger partial charge in [0.2, 0.25) is 0 Å². The van der Waals surface area contributed by atoms with Crippen LogP contribution in [0, 0.1) is 0 Å². The molecule has 0 aliphatic carbocycles. The van der Waals surface area contributed by atoms with Crippen LogP contribution in [0.15, 0.2) is 38.7 Å². The number of thiazole rings is 1. The summed E-state index contributed by atoms with van der Waals surface area (Å²) in [6, 6.07) is 8.24. The van der Waals surface area contributed by atoms with Gasteiger partial charge in [-0.2, -0.15) is 0 Å². The fraction of sp³-hybridized carbons (Fsp3) is 0.182. The van der Waals surface area contributed by atoms with E-state index in [-0.39, 0.29) is 0 Å². The number of anilines is 1. The van der Waals surface area contributed by atoms with Gasteiger partial charge in [-0.25, -0.2) is 4.98 Å². The Morgan fingerprint density at radius 2 is 2.06 bits per heavy atom. The molecule has 0 saturated carbocycles. The van der Waals surface area contributed by atoms with Gasteiger partial charge < -0.3 is 4.90 Å². The lowest BCUT2D eigenvalue weighted by Gasteiger charge is -2.16. The number of nitrogens with zero attached hydrogens (tertiary/aromatic N) is 2. The molecule has 2 aromatic rings. The Hall–Kier alpha value is -0.390. The van der Waals surface area contributed by atoms with E-state index in [1.807, 2.05) is 24.6 Å². The summed E-state index contributed by atoms with van der Waals surface area (Å²) < 4.78 is 2.03. The minimum atomic E-state index is 0.849. The third-order valence-corrected chi connectivity index (χ3v) is 4.59. The molecule has 0 unspecified atom stereocenters. The standard InChI is InChI=1S/C11H10Br2N2S/c1-15(11-14-10(13)7-16-11)6-8-4-2-3-5-9(8)12/h2-5,7H,6H2,1H3. The van der Waals surface area contributed by atoms with Crippen molar-refractivity contribution < 1.29 is 0 Å². The normalized spacial score (nSPS) is 10.4. The third kappa shape index (κ3) is 2.84. The van der Waals surface area contributed by atoms with Gasteiger partial charge in [0, 0.05) is 23.4 Å². The van der Waals surface area contributed by atoms with Gasteiger partial charge in [0.05, 0.1) is 0 Å². The first-order valence-corrected chi connectivity index (χ1v) is 7.19. The SMILES string of the molecule is CN(Cc1ccccc1Br)c1nc(Br)cs1. The molecular weight excluding hydrogens is 352 g/mol. The summed E-state index contributed by atoms with van der Waals surface area (Å²) in [7, 11) is 2.05. The highest BCUT2D eigenvalue weighted by Gasteiger charge is 2.07. The highest BCUT2D eigenvalue weighted by atomic mass is 79.9. The zero-order valence-electron chi connectivity index (χ0n) is 8.65. The predicted molar refractivity (Wildman–Crippen MR) is 76.1 cm³/mol. The molecule has 0 aliphatic heterocycles. The van der Waals surface area contributed by atoms with Gasteiger partial charge in [0.1, 0.15) is 4.60 Å². The first kappa shape index (κ1) is 12.1. The number of hydrogen-bond acceptors (Lipinski definition) is 3. The largest absolute Gasteiger partial charge is 0.347 e. The van der Waals surface area contributed by atoms with Crippen LogP contribution >= 0.6 is 43.2 Å². The lowest BCUT2D eigenvalue weighted by molar-refractivity contribution is 0.908. The molecule has 1 aromatic heterocycles. The maximum Gasteiger partial charge on any atom is 0.186 e. The van der Waals surface area contributed by atoms with Gasteiger partial charge in [-0.1, -0.05) is 34.1 Å². The molecule has 0 spiro atoms. The van der Waals surface area contributed by atoms with Crippen LogP contribution in [0.25, 0.3) is 0 Å². The average Bonchev–Trinajstić information content (AvgIpc) is 2.68. The summed E-state index contributed by atoms with van der Waals surface area (Å²) >= 11 is 8.55. The smallest absolute Gasteiger partial charge is 0.186 e. The molecule has 0 amide bonds. The molecule has 0 saturated heterocycles. The molecule has 0 fully saturated rings. The molecule has 0 aliphatic rings. The number of halogens is 2. The Morgan fingerprint density at radius 1 is 1.31 bits per heavy atom. The van der Waals surface area contributed by atoms with E-state index in [0.717, 1.165) is 20.8 Å². The molecule has 16 heavy (non-hydrogen) atoms. The van der Waals surface area contributed by atoms with Gasteiger partial charge in [0.25, 0.3) is 0 Å². The molecule has 2 rings (SSSR count). The Labute approximate surface area is 116 Å². The van der Waals surface area contributed by atoms with Crippen molar-refractivity contribution in [1.29, 1.82) is 0 Å². The first-order valence-electron chi connectivity index (χ1n) is 4.72. The van der Waals surface area contributed by atoms with Crippen molar-refractivity contribution in [3.8, 4) is 0 Å². The second-order valence-corrected chi connectivity index (χ2v) is 5.90. The van der Waals surface area contributed by atoms with Crippen LogP contribution in [-0.4, -0.2) is 12.0 Å². The molecule has 0 atom stereocenters. The van der Waals surface area contributed by atoms with Crippen LogP contribution in [0.2, 0.25) is 0 Å². The van der Waals surface area contributed by atoms with Crippen molar-refractivity contribution in [3.05, 3.63) is 44.3 Å². The summed E-state index contributed by atoms with van der Waals surface area (Å²) in [4.78, 5) is 6.52. The van der Waals surface area contributed by atoms with Crippen LogP contribution in [-0.2, 0) is 6.54 Å². The molecule has 1 heterocycles. The highest BCUT2D eigenvalue weighted by Crippen LogP contribution is 2.25. The van der Waals surface area contributed by atoms with Crippen molar-refractivity contribution in [2.75, 3.05) is 11.9 Å². The maximum absolute atomic E-state index is 4.38.